The van der Waals surface area contributed by atoms with Gasteiger partial charge in [0.15, 0.2) is 5.16 Å². The minimum Gasteiger partial charge on any atom is -0.383 e. The van der Waals surface area contributed by atoms with Crippen molar-refractivity contribution in [3.8, 4) is 0 Å². The van der Waals surface area contributed by atoms with Crippen LogP contribution in [-0.4, -0.2) is 22.8 Å². The van der Waals surface area contributed by atoms with Gasteiger partial charge in [0.2, 0.25) is 0 Å². The van der Waals surface area contributed by atoms with Crippen molar-refractivity contribution < 1.29 is 0 Å². The molecule has 0 saturated heterocycles. The van der Waals surface area contributed by atoms with Crippen molar-refractivity contribution in [1.82, 2.24) is 9.97 Å². The Hall–Kier alpha value is -0.970. The lowest BCUT2D eigenvalue weighted by atomic mass is 10.2. The molecule has 0 spiro atoms. The van der Waals surface area contributed by atoms with E-state index in [1.165, 1.54) is 37.4 Å². The zero-order valence-electron chi connectivity index (χ0n) is 9.99. The van der Waals surface area contributed by atoms with Gasteiger partial charge in [0, 0.05) is 12.6 Å². The molecule has 0 amide bonds. The highest BCUT2D eigenvalue weighted by Gasteiger charge is 2.00. The summed E-state index contributed by atoms with van der Waals surface area (Å²) in [7, 11) is 0. The summed E-state index contributed by atoms with van der Waals surface area (Å²) in [6.45, 7) is 3.16. The van der Waals surface area contributed by atoms with Crippen LogP contribution in [0.4, 0.5) is 11.6 Å². The highest BCUT2D eigenvalue weighted by molar-refractivity contribution is 7.98. The Morgan fingerprint density at radius 2 is 2.12 bits per heavy atom. The van der Waals surface area contributed by atoms with Crippen molar-refractivity contribution >= 4 is 23.4 Å². The predicted octanol–water partition coefficient (Wildman–Crippen LogP) is 2.77. The molecule has 90 valence electrons. The second kappa shape index (κ2) is 7.33. The van der Waals surface area contributed by atoms with E-state index >= 15 is 0 Å². The standard InChI is InChI=1S/C11H20N4S/c1-3-4-5-6-7-13-10-8-9(12)14-11(15-10)16-2/h8H,3-7H2,1-2H3,(H3,12,13,14,15). The lowest BCUT2D eigenvalue weighted by molar-refractivity contribution is 0.684. The van der Waals surface area contributed by atoms with Crippen LogP contribution in [0.3, 0.4) is 0 Å². The maximum Gasteiger partial charge on any atom is 0.191 e. The molecule has 0 aliphatic heterocycles. The summed E-state index contributed by atoms with van der Waals surface area (Å²) in [5, 5.41) is 3.99. The Balaban J connectivity index is 2.38. The SMILES string of the molecule is CCCCCCNc1cc(N)nc(SC)n1. The number of hydrogen-bond donors (Lipinski definition) is 2. The van der Waals surface area contributed by atoms with Crippen LogP contribution < -0.4 is 11.1 Å². The first-order valence-electron chi connectivity index (χ1n) is 5.68. The summed E-state index contributed by atoms with van der Waals surface area (Å²) in [4.78, 5) is 8.43. The Morgan fingerprint density at radius 3 is 2.81 bits per heavy atom. The number of nitrogens with two attached hydrogens (primary N) is 1. The number of aromatic nitrogens is 2. The highest BCUT2D eigenvalue weighted by Crippen LogP contribution is 2.15. The van der Waals surface area contributed by atoms with Gasteiger partial charge in [-0.25, -0.2) is 9.97 Å². The molecule has 0 radical (unpaired) electrons. The molecule has 0 aromatic carbocycles. The summed E-state index contributed by atoms with van der Waals surface area (Å²) in [6, 6.07) is 1.78. The van der Waals surface area contributed by atoms with Gasteiger partial charge in [-0.1, -0.05) is 37.9 Å². The lowest BCUT2D eigenvalue weighted by Gasteiger charge is -2.06. The molecule has 16 heavy (non-hydrogen) atoms. The van der Waals surface area contributed by atoms with Crippen LogP contribution in [-0.2, 0) is 0 Å². The molecule has 0 bridgehead atoms. The molecule has 0 aliphatic rings. The fourth-order valence-electron chi connectivity index (χ4n) is 1.39. The molecule has 0 atom stereocenters. The summed E-state index contributed by atoms with van der Waals surface area (Å²) < 4.78 is 0. The predicted molar refractivity (Wildman–Crippen MR) is 70.9 cm³/mol. The largest absolute Gasteiger partial charge is 0.383 e. The molecule has 4 nitrogen and oxygen atoms in total. The Morgan fingerprint density at radius 1 is 1.31 bits per heavy atom. The van der Waals surface area contributed by atoms with E-state index in [4.69, 9.17) is 5.73 Å². The molecule has 1 rings (SSSR count). The summed E-state index contributed by atoms with van der Waals surface area (Å²) in [5.41, 5.74) is 5.68. The van der Waals surface area contributed by atoms with Crippen molar-refractivity contribution in [2.45, 2.75) is 37.8 Å². The summed E-state index contributed by atoms with van der Waals surface area (Å²) in [5.74, 6) is 1.35. The van der Waals surface area contributed by atoms with Crippen molar-refractivity contribution in [2.75, 3.05) is 23.9 Å². The second-order valence-corrected chi connectivity index (χ2v) is 4.43. The molecule has 1 aromatic heterocycles. The van der Waals surface area contributed by atoms with Crippen LogP contribution in [0.15, 0.2) is 11.2 Å². The normalized spacial score (nSPS) is 10.4. The van der Waals surface area contributed by atoms with Crippen LogP contribution in [0.25, 0.3) is 0 Å². The number of nitrogens with one attached hydrogen (secondary N) is 1. The molecule has 0 fully saturated rings. The average molecular weight is 240 g/mol. The molecule has 0 aliphatic carbocycles. The van der Waals surface area contributed by atoms with E-state index in [0.29, 0.717) is 5.82 Å². The average Bonchev–Trinajstić information content (AvgIpc) is 2.28. The third-order valence-electron chi connectivity index (χ3n) is 2.24. The van der Waals surface area contributed by atoms with Crippen molar-refractivity contribution in [3.63, 3.8) is 0 Å². The molecular formula is C11H20N4S. The number of rotatable bonds is 7. The first kappa shape index (κ1) is 13.1. The van der Waals surface area contributed by atoms with Crippen LogP contribution >= 0.6 is 11.8 Å². The maximum atomic E-state index is 5.68. The molecule has 1 heterocycles. The number of hydrogen-bond acceptors (Lipinski definition) is 5. The Labute approximate surface area is 101 Å². The fourth-order valence-corrected chi connectivity index (χ4v) is 1.78. The number of thioether (sulfide) groups is 1. The number of anilines is 2. The van der Waals surface area contributed by atoms with E-state index in [2.05, 4.69) is 22.2 Å². The third-order valence-corrected chi connectivity index (χ3v) is 2.79. The second-order valence-electron chi connectivity index (χ2n) is 3.65. The molecule has 0 saturated carbocycles. The van der Waals surface area contributed by atoms with E-state index in [0.717, 1.165) is 17.5 Å². The van der Waals surface area contributed by atoms with Crippen molar-refractivity contribution in [3.05, 3.63) is 6.07 Å². The molecule has 1 aromatic rings. The zero-order valence-corrected chi connectivity index (χ0v) is 10.8. The lowest BCUT2D eigenvalue weighted by Crippen LogP contribution is -2.05. The van der Waals surface area contributed by atoms with Crippen LogP contribution in [0, 0.1) is 0 Å². The molecule has 5 heteroatoms. The topological polar surface area (TPSA) is 63.8 Å². The number of nitrogen functional groups attached to an aromatic ring is 1. The smallest absolute Gasteiger partial charge is 0.191 e. The quantitative estimate of drug-likeness (QED) is 0.436. The Bertz CT molecular complexity index is 317. The summed E-state index contributed by atoms with van der Waals surface area (Å²) >= 11 is 1.50. The molecule has 3 N–H and O–H groups in total. The summed E-state index contributed by atoms with van der Waals surface area (Å²) in [6.07, 6.45) is 6.94. The van der Waals surface area contributed by atoms with Crippen LogP contribution in [0.2, 0.25) is 0 Å². The van der Waals surface area contributed by atoms with Gasteiger partial charge >= 0.3 is 0 Å². The Kier molecular flexibility index (Phi) is 6.00. The van der Waals surface area contributed by atoms with Gasteiger partial charge in [0.1, 0.15) is 11.6 Å². The van der Waals surface area contributed by atoms with Gasteiger partial charge < -0.3 is 11.1 Å². The van der Waals surface area contributed by atoms with Crippen LogP contribution in [0.5, 0.6) is 0 Å². The van der Waals surface area contributed by atoms with Crippen LogP contribution in [0.1, 0.15) is 32.6 Å². The van der Waals surface area contributed by atoms with E-state index in [-0.39, 0.29) is 0 Å². The van der Waals surface area contributed by atoms with E-state index in [1.807, 2.05) is 6.26 Å². The van der Waals surface area contributed by atoms with Gasteiger partial charge in [-0.2, -0.15) is 0 Å². The van der Waals surface area contributed by atoms with Gasteiger partial charge in [-0.15, -0.1) is 0 Å². The van der Waals surface area contributed by atoms with E-state index in [9.17, 15) is 0 Å². The minimum atomic E-state index is 0.524. The number of unbranched alkanes of at least 4 members (excludes halogenated alkanes) is 3. The highest BCUT2D eigenvalue weighted by atomic mass is 32.2. The molecule has 0 unspecified atom stereocenters. The van der Waals surface area contributed by atoms with E-state index < -0.39 is 0 Å². The fraction of sp³-hybridized carbons (Fsp3) is 0.636. The zero-order chi connectivity index (χ0) is 11.8. The van der Waals surface area contributed by atoms with Gasteiger partial charge in [-0.3, -0.25) is 0 Å². The maximum absolute atomic E-state index is 5.68. The van der Waals surface area contributed by atoms with Gasteiger partial charge in [-0.05, 0) is 12.7 Å². The van der Waals surface area contributed by atoms with Gasteiger partial charge in [0.25, 0.3) is 0 Å². The first-order chi connectivity index (χ1) is 7.76. The van der Waals surface area contributed by atoms with Gasteiger partial charge in [0.05, 0.1) is 0 Å². The monoisotopic (exact) mass is 240 g/mol. The first-order valence-corrected chi connectivity index (χ1v) is 6.91. The minimum absolute atomic E-state index is 0.524. The number of nitrogens with zero attached hydrogens (tertiary/aromatic N) is 2. The van der Waals surface area contributed by atoms with E-state index in [1.54, 1.807) is 6.07 Å². The molecular weight excluding hydrogens is 220 g/mol. The third kappa shape index (κ3) is 4.70. The van der Waals surface area contributed by atoms with Crippen molar-refractivity contribution in [1.29, 1.82) is 0 Å². The van der Waals surface area contributed by atoms with Crippen molar-refractivity contribution in [2.24, 2.45) is 0 Å².